The molecule has 0 aliphatic carbocycles. The van der Waals surface area contributed by atoms with Gasteiger partial charge in [0.1, 0.15) is 5.69 Å². The van der Waals surface area contributed by atoms with Gasteiger partial charge in [0.25, 0.3) is 5.91 Å². The lowest BCUT2D eigenvalue weighted by atomic mass is 9.79. The normalized spacial score (nSPS) is 27.1. The molecule has 26 heavy (non-hydrogen) atoms. The molecule has 0 spiro atoms. The molecule has 5 rings (SSSR count). The monoisotopic (exact) mass is 348 g/mol. The van der Waals surface area contributed by atoms with Gasteiger partial charge in [0.05, 0.1) is 11.6 Å². The van der Waals surface area contributed by atoms with Crippen LogP contribution < -0.4 is 5.32 Å². The highest BCUT2D eigenvalue weighted by Crippen LogP contribution is 2.32. The highest BCUT2D eigenvalue weighted by Gasteiger charge is 2.40. The highest BCUT2D eigenvalue weighted by atomic mass is 16.2. The van der Waals surface area contributed by atoms with E-state index in [1.807, 2.05) is 35.9 Å². The zero-order valence-electron chi connectivity index (χ0n) is 15.3. The fourth-order valence-corrected chi connectivity index (χ4v) is 4.52. The molecular weight excluding hydrogens is 324 g/mol. The van der Waals surface area contributed by atoms with Gasteiger partial charge in [-0.2, -0.15) is 5.26 Å². The smallest absolute Gasteiger partial charge is 0.268 e. The summed E-state index contributed by atoms with van der Waals surface area (Å²) in [6.07, 6.45) is 2.36. The van der Waals surface area contributed by atoms with Crippen molar-refractivity contribution < 1.29 is 4.79 Å². The first-order chi connectivity index (χ1) is 12.6. The summed E-state index contributed by atoms with van der Waals surface area (Å²) in [5, 5.41) is 12.2. The van der Waals surface area contributed by atoms with Gasteiger partial charge in [0.15, 0.2) is 0 Å². The van der Waals surface area contributed by atoms with Crippen LogP contribution in [0.2, 0.25) is 0 Å². The number of amides is 1. The Bertz CT molecular complexity index is 851. The van der Waals surface area contributed by atoms with Gasteiger partial charge in [-0.15, -0.1) is 0 Å². The van der Waals surface area contributed by atoms with Crippen molar-refractivity contribution in [3.8, 4) is 17.3 Å². The third kappa shape index (κ3) is 2.81. The summed E-state index contributed by atoms with van der Waals surface area (Å²) < 4.78 is 1.93. The van der Waals surface area contributed by atoms with E-state index < -0.39 is 0 Å². The number of carbonyl (C=O) groups excluding carboxylic acids is 1. The maximum atomic E-state index is 12.9. The molecule has 1 amide bonds. The number of nitrogens with zero attached hydrogens (tertiary/aromatic N) is 3. The van der Waals surface area contributed by atoms with Gasteiger partial charge in [-0.05, 0) is 68.6 Å². The molecule has 3 fully saturated rings. The number of hydrogen-bond donors (Lipinski definition) is 1. The first-order valence-electron chi connectivity index (χ1n) is 9.29. The summed E-state index contributed by atoms with van der Waals surface area (Å²) in [4.78, 5) is 15.4. The van der Waals surface area contributed by atoms with Crippen LogP contribution in [0, 0.1) is 17.2 Å². The minimum Gasteiger partial charge on any atom is -0.346 e. The van der Waals surface area contributed by atoms with E-state index in [1.165, 1.54) is 12.8 Å². The van der Waals surface area contributed by atoms with Crippen molar-refractivity contribution in [1.82, 2.24) is 14.8 Å². The van der Waals surface area contributed by atoms with Crippen molar-refractivity contribution in [2.45, 2.75) is 31.8 Å². The molecule has 2 unspecified atom stereocenters. The fourth-order valence-electron chi connectivity index (χ4n) is 4.52. The first kappa shape index (κ1) is 16.9. The molecule has 0 radical (unpaired) electrons. The topological polar surface area (TPSA) is 61.1 Å². The van der Waals surface area contributed by atoms with Crippen molar-refractivity contribution in [2.24, 2.45) is 13.0 Å². The molecular formula is C21H24N4O. The number of fused-ring (bicyclic) bond motifs is 3. The van der Waals surface area contributed by atoms with E-state index in [9.17, 15) is 4.79 Å². The third-order valence-corrected chi connectivity index (χ3v) is 6.14. The Balaban J connectivity index is 1.54. The lowest BCUT2D eigenvalue weighted by molar-refractivity contribution is 0.0215. The average molecular weight is 348 g/mol. The molecule has 5 heteroatoms. The van der Waals surface area contributed by atoms with Crippen molar-refractivity contribution in [2.75, 3.05) is 13.1 Å². The molecule has 1 aromatic carbocycles. The zero-order valence-corrected chi connectivity index (χ0v) is 15.3. The lowest BCUT2D eigenvalue weighted by Crippen LogP contribution is -2.62. The minimum atomic E-state index is -0.00186. The number of nitriles is 1. The van der Waals surface area contributed by atoms with Gasteiger partial charge >= 0.3 is 0 Å². The van der Waals surface area contributed by atoms with Crippen LogP contribution in [-0.2, 0) is 7.05 Å². The van der Waals surface area contributed by atoms with Gasteiger partial charge in [0, 0.05) is 24.8 Å². The van der Waals surface area contributed by atoms with E-state index >= 15 is 0 Å². The molecule has 2 aromatic rings. The fraction of sp³-hybridized carbons (Fsp3) is 0.429. The molecule has 1 N–H and O–H groups in total. The van der Waals surface area contributed by atoms with Gasteiger partial charge in [0.2, 0.25) is 0 Å². The summed E-state index contributed by atoms with van der Waals surface area (Å²) in [7, 11) is 1.92. The molecule has 3 saturated heterocycles. The molecule has 2 atom stereocenters. The zero-order chi connectivity index (χ0) is 18.3. The SMILES string of the molecule is CC1C(NC(=O)c2ccc(-c3ccc(C#N)cc3)n2C)C2CCN1CC2. The molecule has 5 nitrogen and oxygen atoms in total. The van der Waals surface area contributed by atoms with Crippen LogP contribution in [0.5, 0.6) is 0 Å². The van der Waals surface area contributed by atoms with Crippen molar-refractivity contribution in [1.29, 1.82) is 5.26 Å². The van der Waals surface area contributed by atoms with Crippen LogP contribution in [0.4, 0.5) is 0 Å². The summed E-state index contributed by atoms with van der Waals surface area (Å²) in [5.74, 6) is 0.593. The Kier molecular flexibility index (Phi) is 4.29. The predicted octanol–water partition coefficient (Wildman–Crippen LogP) is 2.78. The second-order valence-electron chi connectivity index (χ2n) is 7.47. The van der Waals surface area contributed by atoms with E-state index in [0.717, 1.165) is 24.3 Å². The quantitative estimate of drug-likeness (QED) is 0.928. The highest BCUT2D eigenvalue weighted by molar-refractivity contribution is 5.94. The van der Waals surface area contributed by atoms with Gasteiger partial charge in [-0.25, -0.2) is 0 Å². The molecule has 3 aliphatic heterocycles. The number of rotatable bonds is 3. The van der Waals surface area contributed by atoms with E-state index in [1.54, 1.807) is 12.1 Å². The molecule has 0 saturated carbocycles. The number of benzene rings is 1. The Morgan fingerprint density at radius 2 is 1.85 bits per heavy atom. The maximum Gasteiger partial charge on any atom is 0.268 e. The third-order valence-electron chi connectivity index (χ3n) is 6.14. The van der Waals surface area contributed by atoms with Crippen LogP contribution in [0.1, 0.15) is 35.8 Å². The summed E-state index contributed by atoms with van der Waals surface area (Å²) >= 11 is 0. The minimum absolute atomic E-state index is 0.00186. The molecule has 3 aliphatic rings. The second-order valence-corrected chi connectivity index (χ2v) is 7.47. The molecule has 1 aromatic heterocycles. The van der Waals surface area contributed by atoms with Gasteiger partial charge in [-0.1, -0.05) is 12.1 Å². The number of piperidine rings is 3. The van der Waals surface area contributed by atoms with E-state index in [-0.39, 0.29) is 11.9 Å². The van der Waals surface area contributed by atoms with Crippen LogP contribution >= 0.6 is 0 Å². The Hall–Kier alpha value is -2.58. The summed E-state index contributed by atoms with van der Waals surface area (Å²) in [6.45, 7) is 4.54. The van der Waals surface area contributed by atoms with Crippen molar-refractivity contribution in [3.05, 3.63) is 47.7 Å². The number of hydrogen-bond acceptors (Lipinski definition) is 3. The van der Waals surface area contributed by atoms with Gasteiger partial charge < -0.3 is 9.88 Å². The predicted molar refractivity (Wildman–Crippen MR) is 101 cm³/mol. The number of carbonyl (C=O) groups is 1. The summed E-state index contributed by atoms with van der Waals surface area (Å²) in [5.41, 5.74) is 3.29. The van der Waals surface area contributed by atoms with Crippen LogP contribution in [0.15, 0.2) is 36.4 Å². The summed E-state index contributed by atoms with van der Waals surface area (Å²) in [6, 6.07) is 14.1. The lowest BCUT2D eigenvalue weighted by Gasteiger charge is -2.49. The van der Waals surface area contributed by atoms with Gasteiger partial charge in [-0.3, -0.25) is 9.69 Å². The van der Waals surface area contributed by atoms with Crippen LogP contribution in [0.3, 0.4) is 0 Å². The van der Waals surface area contributed by atoms with E-state index in [2.05, 4.69) is 23.2 Å². The Labute approximate surface area is 154 Å². The number of aromatic nitrogens is 1. The van der Waals surface area contributed by atoms with Crippen molar-refractivity contribution >= 4 is 5.91 Å². The van der Waals surface area contributed by atoms with E-state index in [0.29, 0.717) is 23.2 Å². The Morgan fingerprint density at radius 3 is 2.46 bits per heavy atom. The largest absolute Gasteiger partial charge is 0.346 e. The molecule has 2 bridgehead atoms. The van der Waals surface area contributed by atoms with Crippen LogP contribution in [-0.4, -0.2) is 40.5 Å². The Morgan fingerprint density at radius 1 is 1.15 bits per heavy atom. The molecule has 134 valence electrons. The first-order valence-corrected chi connectivity index (χ1v) is 9.29. The second kappa shape index (κ2) is 6.62. The number of nitrogens with one attached hydrogen (secondary N) is 1. The maximum absolute atomic E-state index is 12.9. The van der Waals surface area contributed by atoms with E-state index in [4.69, 9.17) is 5.26 Å². The van der Waals surface area contributed by atoms with Crippen molar-refractivity contribution in [3.63, 3.8) is 0 Å². The van der Waals surface area contributed by atoms with Crippen LogP contribution in [0.25, 0.3) is 11.3 Å². The molecule has 4 heterocycles. The standard InChI is InChI=1S/C21H24N4O/c1-14-20(17-9-11-25(14)12-10-17)23-21(26)19-8-7-18(24(19)2)16-5-3-15(13-22)4-6-16/h3-8,14,17,20H,9-12H2,1-2H3,(H,23,26). The average Bonchev–Trinajstić information content (AvgIpc) is 3.06.